The Morgan fingerprint density at radius 2 is 2.25 bits per heavy atom. The van der Waals surface area contributed by atoms with Gasteiger partial charge in [0.25, 0.3) is 0 Å². The van der Waals surface area contributed by atoms with Gasteiger partial charge in [-0.3, -0.25) is 0 Å². The molecule has 0 rings (SSSR count). The molecule has 0 aliphatic heterocycles. The van der Waals surface area contributed by atoms with Crippen molar-refractivity contribution in [2.75, 3.05) is 5.88 Å². The molecule has 1 nitrogen and oxygen atoms in total. The van der Waals surface area contributed by atoms with E-state index in [1.165, 1.54) is 0 Å². The lowest BCUT2D eigenvalue weighted by atomic mass is 10.4. The van der Waals surface area contributed by atoms with Crippen molar-refractivity contribution in [2.24, 2.45) is 0 Å². The van der Waals surface area contributed by atoms with Crippen LogP contribution in [0.15, 0.2) is 0 Å². The summed E-state index contributed by atoms with van der Waals surface area (Å²) in [6, 6.07) is 0. The second-order valence-electron chi connectivity index (χ2n) is 1.38. The average molecular weight is 169 g/mol. The summed E-state index contributed by atoms with van der Waals surface area (Å²) < 4.78 is 4.68. The monoisotopic (exact) mass is 168 g/mol. The van der Waals surface area contributed by atoms with Crippen LogP contribution in [0.2, 0.25) is 0 Å². The first-order chi connectivity index (χ1) is 3.81. The van der Waals surface area contributed by atoms with Crippen LogP contribution in [0.4, 0.5) is 0 Å². The van der Waals surface area contributed by atoms with Gasteiger partial charge in [0.1, 0.15) is 5.56 Å². The highest BCUT2D eigenvalue weighted by atomic mass is 35.5. The topological polar surface area (TPSA) is 9.23 Å². The Bertz CT molecular complexity index is 53.3. The molecule has 0 aromatic heterocycles. The van der Waals surface area contributed by atoms with Gasteiger partial charge in [0.2, 0.25) is 0 Å². The number of halogens is 2. The fraction of sp³-hybridized carbons (Fsp3) is 1.00. The molecule has 0 aliphatic carbocycles. The van der Waals surface area contributed by atoms with Crippen LogP contribution in [-0.4, -0.2) is 28.1 Å². The van der Waals surface area contributed by atoms with Crippen molar-refractivity contribution in [3.63, 3.8) is 0 Å². The molecule has 0 fully saturated rings. The molecule has 0 bridgehead atoms. The van der Waals surface area contributed by atoms with Crippen LogP contribution in [0.1, 0.15) is 12.8 Å². The number of alkyl halides is 2. The summed E-state index contributed by atoms with van der Waals surface area (Å²) >= 11 is 13.0. The van der Waals surface area contributed by atoms with Gasteiger partial charge in [0.15, 0.2) is 0 Å². The molecule has 1 unspecified atom stereocenters. The van der Waals surface area contributed by atoms with Crippen molar-refractivity contribution >= 4 is 39.8 Å². The van der Waals surface area contributed by atoms with Crippen LogP contribution in [-0.2, 0) is 3.79 Å². The summed E-state index contributed by atoms with van der Waals surface area (Å²) in [6.07, 6.45) is 1.72. The maximum atomic E-state index is 5.54. The molecule has 0 saturated carbocycles. The quantitative estimate of drug-likeness (QED) is 0.459. The summed E-state index contributed by atoms with van der Waals surface area (Å²) in [4.78, 5) is 0. The van der Waals surface area contributed by atoms with Gasteiger partial charge in [0.05, 0.1) is 0 Å². The molecular formula is C4H7AlCl2O. The minimum atomic E-state index is -0.196. The zero-order chi connectivity index (χ0) is 6.41. The van der Waals surface area contributed by atoms with E-state index < -0.39 is 0 Å². The molecular weight excluding hydrogens is 162 g/mol. The molecule has 0 heterocycles. The van der Waals surface area contributed by atoms with Crippen LogP contribution in [0.3, 0.4) is 0 Å². The van der Waals surface area contributed by atoms with Crippen molar-refractivity contribution in [3.8, 4) is 0 Å². The second-order valence-corrected chi connectivity index (χ2v) is 2.51. The predicted molar refractivity (Wildman–Crippen MR) is 36.4 cm³/mol. The van der Waals surface area contributed by atoms with Crippen LogP contribution in [0.5, 0.6) is 0 Å². The van der Waals surface area contributed by atoms with Crippen LogP contribution < -0.4 is 0 Å². The van der Waals surface area contributed by atoms with E-state index in [0.717, 1.165) is 12.8 Å². The van der Waals surface area contributed by atoms with E-state index in [1.807, 2.05) is 0 Å². The largest absolute Gasteiger partial charge is 0.503 e. The van der Waals surface area contributed by atoms with Gasteiger partial charge < -0.3 is 3.79 Å². The van der Waals surface area contributed by atoms with E-state index in [-0.39, 0.29) is 5.56 Å². The minimum Gasteiger partial charge on any atom is -0.503 e. The minimum absolute atomic E-state index is 0.196. The van der Waals surface area contributed by atoms with Crippen molar-refractivity contribution in [1.29, 1.82) is 0 Å². The Kier molecular flexibility index (Phi) is 7.03. The molecule has 46 valence electrons. The molecule has 0 amide bonds. The normalized spacial score (nSPS) is 13.8. The fourth-order valence-electron chi connectivity index (χ4n) is 0.306. The van der Waals surface area contributed by atoms with Crippen molar-refractivity contribution < 1.29 is 3.79 Å². The van der Waals surface area contributed by atoms with Gasteiger partial charge in [-0.1, -0.05) is 11.6 Å². The maximum Gasteiger partial charge on any atom is 0.371 e. The smallest absolute Gasteiger partial charge is 0.371 e. The molecule has 0 N–H and O–H groups in total. The van der Waals surface area contributed by atoms with Gasteiger partial charge in [-0.25, -0.2) is 0 Å². The molecule has 0 aromatic carbocycles. The molecule has 1 atom stereocenters. The van der Waals surface area contributed by atoms with E-state index >= 15 is 0 Å². The zero-order valence-electron chi connectivity index (χ0n) is 4.44. The summed E-state index contributed by atoms with van der Waals surface area (Å²) in [7, 11) is 0. The summed E-state index contributed by atoms with van der Waals surface area (Å²) in [5, 5.41) is 0. The predicted octanol–water partition coefficient (Wildman–Crippen LogP) is 1.67. The highest BCUT2D eigenvalue weighted by Crippen LogP contribution is 2.05. The lowest BCUT2D eigenvalue weighted by Crippen LogP contribution is -2.01. The van der Waals surface area contributed by atoms with Gasteiger partial charge in [-0.2, -0.15) is 0 Å². The fourth-order valence-corrected chi connectivity index (χ4v) is 0.750. The van der Waals surface area contributed by atoms with E-state index in [4.69, 9.17) is 23.2 Å². The molecule has 0 spiro atoms. The van der Waals surface area contributed by atoms with Gasteiger partial charge in [-0.05, 0) is 12.8 Å². The first-order valence-electron chi connectivity index (χ1n) is 2.37. The zero-order valence-corrected chi connectivity index (χ0v) is 7.11. The highest BCUT2D eigenvalue weighted by Gasteiger charge is 1.96. The SMILES string of the molecule is [Al][O]C(Cl)CCCCl. The lowest BCUT2D eigenvalue weighted by Gasteiger charge is -2.05. The third kappa shape index (κ3) is 5.21. The Morgan fingerprint density at radius 1 is 1.62 bits per heavy atom. The first kappa shape index (κ1) is 9.07. The van der Waals surface area contributed by atoms with E-state index in [2.05, 4.69) is 20.4 Å². The van der Waals surface area contributed by atoms with Crippen LogP contribution in [0, 0.1) is 0 Å². The summed E-state index contributed by atoms with van der Waals surface area (Å²) in [5.41, 5.74) is -0.196. The van der Waals surface area contributed by atoms with E-state index in [9.17, 15) is 0 Å². The van der Waals surface area contributed by atoms with Crippen LogP contribution >= 0.6 is 23.2 Å². The maximum absolute atomic E-state index is 5.54. The Morgan fingerprint density at radius 3 is 2.62 bits per heavy atom. The second kappa shape index (κ2) is 6.20. The standard InChI is InChI=1S/C4H7Cl2O.Al/c5-3-1-2-4(6)7;/h4H,1-3H2;/q-1;+1. The third-order valence-electron chi connectivity index (χ3n) is 0.712. The Balaban J connectivity index is 2.86. The summed E-state index contributed by atoms with van der Waals surface area (Å²) in [5.74, 6) is 0.650. The van der Waals surface area contributed by atoms with Gasteiger partial charge in [-0.15, -0.1) is 11.6 Å². The first-order valence-corrected chi connectivity index (χ1v) is 3.81. The molecule has 0 aliphatic rings. The van der Waals surface area contributed by atoms with Gasteiger partial charge >= 0.3 is 16.6 Å². The molecule has 0 saturated heterocycles. The van der Waals surface area contributed by atoms with Gasteiger partial charge in [0, 0.05) is 5.88 Å². The lowest BCUT2D eigenvalue weighted by molar-refractivity contribution is 0.296. The number of rotatable bonds is 4. The van der Waals surface area contributed by atoms with Crippen molar-refractivity contribution in [3.05, 3.63) is 0 Å². The number of hydrogen-bond acceptors (Lipinski definition) is 1. The van der Waals surface area contributed by atoms with Crippen LogP contribution in [0.25, 0.3) is 0 Å². The molecule has 8 heavy (non-hydrogen) atoms. The third-order valence-corrected chi connectivity index (χ3v) is 1.80. The van der Waals surface area contributed by atoms with E-state index in [0.29, 0.717) is 5.88 Å². The average Bonchev–Trinajstić information content (AvgIpc) is 1.83. The highest BCUT2D eigenvalue weighted by molar-refractivity contribution is 6.21. The number of hydrogen-bond donors (Lipinski definition) is 0. The summed E-state index contributed by atoms with van der Waals surface area (Å²) in [6.45, 7) is 0. The van der Waals surface area contributed by atoms with Crippen molar-refractivity contribution in [1.82, 2.24) is 0 Å². The Labute approximate surface area is 68.1 Å². The molecule has 0 aromatic rings. The molecule has 2 radical (unpaired) electrons. The molecule has 4 heteroatoms. The van der Waals surface area contributed by atoms with Crippen molar-refractivity contribution in [2.45, 2.75) is 18.4 Å². The Hall–Kier alpha value is 1.07. The van der Waals surface area contributed by atoms with E-state index in [1.54, 1.807) is 0 Å².